The van der Waals surface area contributed by atoms with Crippen LogP contribution in [0.3, 0.4) is 0 Å². The van der Waals surface area contributed by atoms with Crippen molar-refractivity contribution in [1.29, 1.82) is 0 Å². The Kier molecular flexibility index (Phi) is 4.74. The SMILES string of the molecule is O=C1[C@@H]2[C@@H](c3ccc(Cl)cc3)N(c3ccccc3)O[C@H]2C(=O)N1c1ccccc1Cl. The topological polar surface area (TPSA) is 49.9 Å². The zero-order valence-corrected chi connectivity index (χ0v) is 17.1. The van der Waals surface area contributed by atoms with E-state index in [0.717, 1.165) is 16.2 Å². The molecule has 0 aliphatic carbocycles. The summed E-state index contributed by atoms with van der Waals surface area (Å²) in [7, 11) is 0. The molecule has 2 fully saturated rings. The maximum absolute atomic E-state index is 13.5. The van der Waals surface area contributed by atoms with Crippen molar-refractivity contribution < 1.29 is 14.4 Å². The van der Waals surface area contributed by atoms with Crippen LogP contribution in [0, 0.1) is 5.92 Å². The minimum absolute atomic E-state index is 0.335. The Morgan fingerprint density at radius 1 is 0.767 bits per heavy atom. The minimum Gasteiger partial charge on any atom is -0.273 e. The molecule has 0 bridgehead atoms. The molecule has 0 radical (unpaired) electrons. The Morgan fingerprint density at radius 3 is 2.13 bits per heavy atom. The highest BCUT2D eigenvalue weighted by Gasteiger charge is 2.60. The number of nitrogens with zero attached hydrogens (tertiary/aromatic N) is 2. The molecule has 0 saturated carbocycles. The Labute approximate surface area is 183 Å². The quantitative estimate of drug-likeness (QED) is 0.537. The van der Waals surface area contributed by atoms with E-state index >= 15 is 0 Å². The summed E-state index contributed by atoms with van der Waals surface area (Å²) < 4.78 is 0. The second kappa shape index (κ2) is 7.43. The molecule has 2 aliphatic heterocycles. The van der Waals surface area contributed by atoms with Crippen LogP contribution in [0.2, 0.25) is 10.0 Å². The summed E-state index contributed by atoms with van der Waals surface area (Å²) in [4.78, 5) is 34.0. The molecule has 3 atom stereocenters. The summed E-state index contributed by atoms with van der Waals surface area (Å²) in [5.74, 6) is -1.47. The van der Waals surface area contributed by atoms with E-state index in [2.05, 4.69) is 0 Å². The predicted octanol–water partition coefficient (Wildman–Crippen LogP) is 5.04. The molecule has 0 spiro atoms. The van der Waals surface area contributed by atoms with Crippen molar-refractivity contribution in [3.05, 3.63) is 94.5 Å². The van der Waals surface area contributed by atoms with E-state index in [1.807, 2.05) is 42.5 Å². The second-order valence-electron chi connectivity index (χ2n) is 7.17. The number of amides is 2. The Morgan fingerprint density at radius 2 is 1.43 bits per heavy atom. The number of carbonyl (C=O) groups is 2. The van der Waals surface area contributed by atoms with E-state index in [0.29, 0.717) is 15.7 Å². The van der Waals surface area contributed by atoms with Crippen molar-refractivity contribution in [2.75, 3.05) is 9.96 Å². The smallest absolute Gasteiger partial charge is 0.266 e. The molecule has 5 rings (SSSR count). The first-order chi connectivity index (χ1) is 14.6. The van der Waals surface area contributed by atoms with Gasteiger partial charge in [-0.1, -0.05) is 65.7 Å². The number of benzene rings is 3. The van der Waals surface area contributed by atoms with Gasteiger partial charge < -0.3 is 0 Å². The summed E-state index contributed by atoms with van der Waals surface area (Å²) in [6.45, 7) is 0. The van der Waals surface area contributed by atoms with E-state index in [4.69, 9.17) is 28.0 Å². The van der Waals surface area contributed by atoms with Crippen LogP contribution in [0.5, 0.6) is 0 Å². The van der Waals surface area contributed by atoms with Gasteiger partial charge >= 0.3 is 0 Å². The van der Waals surface area contributed by atoms with Gasteiger partial charge in [-0.25, -0.2) is 9.96 Å². The Balaban J connectivity index is 1.60. The van der Waals surface area contributed by atoms with Gasteiger partial charge in [0.25, 0.3) is 5.91 Å². The summed E-state index contributed by atoms with van der Waals surface area (Å²) >= 11 is 12.3. The first-order valence-electron chi connectivity index (χ1n) is 9.45. The molecule has 2 saturated heterocycles. The molecule has 2 aliphatic rings. The van der Waals surface area contributed by atoms with Crippen molar-refractivity contribution in [2.45, 2.75) is 12.1 Å². The average Bonchev–Trinajstić information content (AvgIpc) is 3.26. The molecule has 5 nitrogen and oxygen atoms in total. The van der Waals surface area contributed by atoms with Gasteiger partial charge in [0.15, 0.2) is 6.10 Å². The van der Waals surface area contributed by atoms with Crippen LogP contribution in [-0.4, -0.2) is 17.9 Å². The van der Waals surface area contributed by atoms with E-state index in [9.17, 15) is 9.59 Å². The zero-order valence-electron chi connectivity index (χ0n) is 15.6. The maximum atomic E-state index is 13.5. The van der Waals surface area contributed by atoms with Crippen LogP contribution in [0.1, 0.15) is 11.6 Å². The highest BCUT2D eigenvalue weighted by Crippen LogP contribution is 2.48. The minimum atomic E-state index is -0.936. The molecule has 2 amide bonds. The number of para-hydroxylation sites is 2. The number of rotatable bonds is 3. The Hall–Kier alpha value is -2.86. The van der Waals surface area contributed by atoms with Crippen molar-refractivity contribution >= 4 is 46.4 Å². The maximum Gasteiger partial charge on any atom is 0.266 e. The molecule has 7 heteroatoms. The normalized spacial score (nSPS) is 23.2. The fourth-order valence-corrected chi connectivity index (χ4v) is 4.43. The number of anilines is 2. The van der Waals surface area contributed by atoms with E-state index < -0.39 is 24.0 Å². The number of halogens is 2. The van der Waals surface area contributed by atoms with Crippen molar-refractivity contribution in [3.8, 4) is 0 Å². The fourth-order valence-electron chi connectivity index (χ4n) is 4.08. The second-order valence-corrected chi connectivity index (χ2v) is 8.02. The predicted molar refractivity (Wildman–Crippen MR) is 115 cm³/mol. The average molecular weight is 439 g/mol. The summed E-state index contributed by atoms with van der Waals surface area (Å²) in [6.07, 6.45) is -0.936. The van der Waals surface area contributed by atoms with Gasteiger partial charge in [0.05, 0.1) is 22.4 Å². The monoisotopic (exact) mass is 438 g/mol. The number of hydrogen-bond acceptors (Lipinski definition) is 4. The van der Waals surface area contributed by atoms with Crippen LogP contribution in [-0.2, 0) is 14.4 Å². The molecular weight excluding hydrogens is 423 g/mol. The summed E-state index contributed by atoms with van der Waals surface area (Å²) in [6, 6.07) is 23.0. The lowest BCUT2D eigenvalue weighted by Gasteiger charge is -2.29. The number of carbonyl (C=O) groups excluding carboxylic acids is 2. The van der Waals surface area contributed by atoms with Crippen LogP contribution in [0.4, 0.5) is 11.4 Å². The van der Waals surface area contributed by atoms with Crippen LogP contribution in [0.25, 0.3) is 0 Å². The highest BCUT2D eigenvalue weighted by atomic mass is 35.5. The largest absolute Gasteiger partial charge is 0.273 e. The van der Waals surface area contributed by atoms with E-state index in [-0.39, 0.29) is 5.91 Å². The van der Waals surface area contributed by atoms with Gasteiger partial charge in [0.1, 0.15) is 5.92 Å². The fraction of sp³-hybridized carbons (Fsp3) is 0.130. The van der Waals surface area contributed by atoms with Crippen LogP contribution >= 0.6 is 23.2 Å². The molecule has 150 valence electrons. The molecule has 3 aromatic carbocycles. The molecule has 3 aromatic rings. The number of imide groups is 1. The van der Waals surface area contributed by atoms with Crippen LogP contribution < -0.4 is 9.96 Å². The zero-order chi connectivity index (χ0) is 20.8. The highest BCUT2D eigenvalue weighted by molar-refractivity contribution is 6.36. The van der Waals surface area contributed by atoms with Crippen molar-refractivity contribution in [1.82, 2.24) is 0 Å². The third-order valence-corrected chi connectivity index (χ3v) is 6.00. The summed E-state index contributed by atoms with van der Waals surface area (Å²) in [5.41, 5.74) is 1.96. The van der Waals surface area contributed by atoms with Gasteiger partial charge in [0, 0.05) is 5.02 Å². The first kappa shape index (κ1) is 19.1. The van der Waals surface area contributed by atoms with Gasteiger partial charge in [-0.2, -0.15) is 0 Å². The number of hydrogen-bond donors (Lipinski definition) is 0. The Bertz CT molecular complexity index is 1120. The lowest BCUT2D eigenvalue weighted by Crippen LogP contribution is -2.37. The molecule has 0 unspecified atom stereocenters. The lowest BCUT2D eigenvalue weighted by atomic mass is 9.90. The van der Waals surface area contributed by atoms with Gasteiger partial charge in [-0.3, -0.25) is 14.4 Å². The van der Waals surface area contributed by atoms with Gasteiger partial charge in [0.2, 0.25) is 5.91 Å². The molecule has 0 N–H and O–H groups in total. The molecule has 30 heavy (non-hydrogen) atoms. The van der Waals surface area contributed by atoms with Crippen molar-refractivity contribution in [2.24, 2.45) is 5.92 Å². The standard InChI is InChI=1S/C23H16Cl2N2O3/c24-15-12-10-14(11-13-15)20-19-21(30-27(20)16-6-2-1-3-7-16)23(29)26(22(19)28)18-9-5-4-8-17(18)25/h1-13,19-21H/t19-,20-,21-/m1/s1. The van der Waals surface area contributed by atoms with E-state index in [1.165, 1.54) is 0 Å². The molecular formula is C23H16Cl2N2O3. The summed E-state index contributed by atoms with van der Waals surface area (Å²) in [5, 5.41) is 2.58. The lowest BCUT2D eigenvalue weighted by molar-refractivity contribution is -0.126. The third kappa shape index (κ3) is 2.98. The number of fused-ring (bicyclic) bond motifs is 1. The van der Waals surface area contributed by atoms with Gasteiger partial charge in [-0.05, 0) is 42.0 Å². The number of hydroxylamine groups is 1. The first-order valence-corrected chi connectivity index (χ1v) is 10.2. The molecule has 2 heterocycles. The van der Waals surface area contributed by atoms with Crippen LogP contribution in [0.15, 0.2) is 78.9 Å². The van der Waals surface area contributed by atoms with E-state index in [1.54, 1.807) is 41.5 Å². The van der Waals surface area contributed by atoms with Crippen molar-refractivity contribution in [3.63, 3.8) is 0 Å². The van der Waals surface area contributed by atoms with Gasteiger partial charge in [-0.15, -0.1) is 0 Å². The third-order valence-electron chi connectivity index (χ3n) is 5.43. The molecule has 0 aromatic heterocycles.